The van der Waals surface area contributed by atoms with Crippen molar-refractivity contribution < 1.29 is 9.59 Å². The Morgan fingerprint density at radius 3 is 2.42 bits per heavy atom. The molecule has 0 saturated carbocycles. The van der Waals surface area contributed by atoms with E-state index in [1.807, 2.05) is 28.0 Å². The van der Waals surface area contributed by atoms with E-state index < -0.39 is 5.91 Å². The molecule has 124 valence electrons. The van der Waals surface area contributed by atoms with Gasteiger partial charge in [-0.05, 0) is 24.3 Å². The number of primary amides is 1. The van der Waals surface area contributed by atoms with Gasteiger partial charge >= 0.3 is 0 Å². The summed E-state index contributed by atoms with van der Waals surface area (Å²) in [6, 6.07) is 8.91. The highest BCUT2D eigenvalue weighted by atomic mass is 16.2. The van der Waals surface area contributed by atoms with Crippen LogP contribution in [-0.4, -0.2) is 52.9 Å². The predicted molar refractivity (Wildman–Crippen MR) is 89.5 cm³/mol. The summed E-state index contributed by atoms with van der Waals surface area (Å²) in [5.41, 5.74) is 6.58. The lowest BCUT2D eigenvalue weighted by molar-refractivity contribution is -0.130. The maximum absolute atomic E-state index is 12.4. The second-order valence-corrected chi connectivity index (χ2v) is 5.60. The van der Waals surface area contributed by atoms with E-state index in [0.29, 0.717) is 44.0 Å². The van der Waals surface area contributed by atoms with Crippen LogP contribution in [0.4, 0.5) is 5.82 Å². The zero-order valence-corrected chi connectivity index (χ0v) is 13.3. The molecule has 0 radical (unpaired) electrons. The summed E-state index contributed by atoms with van der Waals surface area (Å²) in [5.74, 6) is 0.151. The average molecular weight is 325 g/mol. The van der Waals surface area contributed by atoms with Gasteiger partial charge in [-0.15, -0.1) is 0 Å². The first-order chi connectivity index (χ1) is 11.6. The number of piperazine rings is 1. The van der Waals surface area contributed by atoms with Crippen molar-refractivity contribution >= 4 is 17.6 Å². The summed E-state index contributed by atoms with van der Waals surface area (Å²) in [5, 5.41) is 0. The minimum atomic E-state index is -0.494. The largest absolute Gasteiger partial charge is 0.365 e. The van der Waals surface area contributed by atoms with Crippen molar-refractivity contribution in [1.29, 1.82) is 0 Å². The molecule has 1 saturated heterocycles. The summed E-state index contributed by atoms with van der Waals surface area (Å²) >= 11 is 0. The summed E-state index contributed by atoms with van der Waals surface area (Å²) in [7, 11) is 0. The number of anilines is 1. The van der Waals surface area contributed by atoms with Crippen LogP contribution in [0.1, 0.15) is 16.1 Å². The number of aromatic nitrogens is 2. The maximum atomic E-state index is 12.4. The van der Waals surface area contributed by atoms with E-state index >= 15 is 0 Å². The molecule has 2 aromatic rings. The van der Waals surface area contributed by atoms with Crippen molar-refractivity contribution in [3.8, 4) is 0 Å². The van der Waals surface area contributed by atoms with Crippen LogP contribution in [0.3, 0.4) is 0 Å². The van der Waals surface area contributed by atoms with E-state index in [4.69, 9.17) is 5.73 Å². The summed E-state index contributed by atoms with van der Waals surface area (Å²) in [4.78, 5) is 36.2. The molecule has 0 aromatic carbocycles. The molecule has 2 N–H and O–H groups in total. The van der Waals surface area contributed by atoms with Gasteiger partial charge in [0, 0.05) is 44.3 Å². The van der Waals surface area contributed by atoms with Crippen LogP contribution < -0.4 is 10.6 Å². The van der Waals surface area contributed by atoms with Crippen LogP contribution >= 0.6 is 0 Å². The lowest BCUT2D eigenvalue weighted by atomic mass is 10.2. The fraction of sp³-hybridized carbons (Fsp3) is 0.294. The van der Waals surface area contributed by atoms with E-state index in [0.717, 1.165) is 5.69 Å². The van der Waals surface area contributed by atoms with Gasteiger partial charge in [-0.1, -0.05) is 6.07 Å². The highest BCUT2D eigenvalue weighted by Gasteiger charge is 2.24. The Morgan fingerprint density at radius 1 is 1.00 bits per heavy atom. The van der Waals surface area contributed by atoms with Gasteiger partial charge in [0.05, 0.1) is 12.0 Å². The van der Waals surface area contributed by atoms with Gasteiger partial charge in [0.15, 0.2) is 0 Å². The molecule has 1 aliphatic rings. The second kappa shape index (κ2) is 7.08. The normalized spacial score (nSPS) is 14.5. The Kier molecular flexibility index (Phi) is 4.69. The minimum Gasteiger partial charge on any atom is -0.365 e. The zero-order chi connectivity index (χ0) is 16.9. The second-order valence-electron chi connectivity index (χ2n) is 5.60. The van der Waals surface area contributed by atoms with Gasteiger partial charge in [0.25, 0.3) is 5.91 Å². The molecule has 1 fully saturated rings. The topological polar surface area (TPSA) is 92.4 Å². The molecule has 7 nitrogen and oxygen atoms in total. The van der Waals surface area contributed by atoms with E-state index in [-0.39, 0.29) is 5.91 Å². The number of pyridine rings is 2. The summed E-state index contributed by atoms with van der Waals surface area (Å²) in [6.45, 7) is 2.40. The molecule has 24 heavy (non-hydrogen) atoms. The Balaban J connectivity index is 1.62. The van der Waals surface area contributed by atoms with E-state index in [9.17, 15) is 9.59 Å². The predicted octanol–water partition coefficient (Wildman–Crippen LogP) is 0.467. The molecular weight excluding hydrogens is 306 g/mol. The number of nitrogens with two attached hydrogens (primary N) is 1. The van der Waals surface area contributed by atoms with E-state index in [1.165, 1.54) is 0 Å². The van der Waals surface area contributed by atoms with E-state index in [2.05, 4.69) is 9.97 Å². The molecule has 7 heteroatoms. The fourth-order valence-electron chi connectivity index (χ4n) is 2.78. The van der Waals surface area contributed by atoms with E-state index in [1.54, 1.807) is 24.5 Å². The number of carbonyl (C=O) groups excluding carboxylic acids is 2. The van der Waals surface area contributed by atoms with Crippen LogP contribution in [-0.2, 0) is 11.2 Å². The molecule has 0 aliphatic carbocycles. The van der Waals surface area contributed by atoms with Crippen molar-refractivity contribution in [1.82, 2.24) is 14.9 Å². The molecule has 2 aromatic heterocycles. The molecular formula is C17H19N5O2. The Hall–Kier alpha value is -2.96. The first kappa shape index (κ1) is 15.9. The first-order valence-electron chi connectivity index (χ1n) is 7.82. The molecule has 2 amide bonds. The Morgan fingerprint density at radius 2 is 1.75 bits per heavy atom. The zero-order valence-electron chi connectivity index (χ0n) is 13.3. The van der Waals surface area contributed by atoms with Crippen molar-refractivity contribution in [3.05, 3.63) is 54.0 Å². The lowest BCUT2D eigenvalue weighted by Gasteiger charge is -2.36. The number of rotatable bonds is 4. The summed E-state index contributed by atoms with van der Waals surface area (Å²) < 4.78 is 0. The van der Waals surface area contributed by atoms with Gasteiger partial charge in [0.2, 0.25) is 5.91 Å². The first-order valence-corrected chi connectivity index (χ1v) is 7.82. The maximum Gasteiger partial charge on any atom is 0.252 e. The molecule has 1 aliphatic heterocycles. The number of amides is 2. The van der Waals surface area contributed by atoms with Crippen molar-refractivity contribution in [2.45, 2.75) is 6.42 Å². The van der Waals surface area contributed by atoms with Gasteiger partial charge in [-0.2, -0.15) is 0 Å². The Labute approximate surface area is 140 Å². The smallest absolute Gasteiger partial charge is 0.252 e. The number of carbonyl (C=O) groups is 2. The SMILES string of the molecule is NC(=O)c1cccnc1N1CCN(C(=O)Cc2ccccn2)CC1. The van der Waals surface area contributed by atoms with Crippen molar-refractivity contribution in [3.63, 3.8) is 0 Å². The quantitative estimate of drug-likeness (QED) is 0.882. The average Bonchev–Trinajstić information content (AvgIpc) is 2.62. The summed E-state index contributed by atoms with van der Waals surface area (Å²) in [6.07, 6.45) is 3.63. The highest BCUT2D eigenvalue weighted by molar-refractivity contribution is 5.97. The number of nitrogens with zero attached hydrogens (tertiary/aromatic N) is 4. The lowest BCUT2D eigenvalue weighted by Crippen LogP contribution is -2.50. The standard InChI is InChI=1S/C17H19N5O2/c18-16(24)14-5-3-7-20-17(14)22-10-8-21(9-11-22)15(23)12-13-4-1-2-6-19-13/h1-7H,8-12H2,(H2,18,24). The van der Waals surface area contributed by atoms with Gasteiger partial charge in [-0.25, -0.2) is 4.98 Å². The van der Waals surface area contributed by atoms with Gasteiger partial charge < -0.3 is 15.5 Å². The van der Waals surface area contributed by atoms with Crippen LogP contribution in [0.25, 0.3) is 0 Å². The Bertz CT molecular complexity index is 727. The van der Waals surface area contributed by atoms with Crippen LogP contribution in [0, 0.1) is 0 Å². The monoisotopic (exact) mass is 325 g/mol. The highest BCUT2D eigenvalue weighted by Crippen LogP contribution is 2.18. The molecule has 3 heterocycles. The third-order valence-electron chi connectivity index (χ3n) is 4.04. The van der Waals surface area contributed by atoms with Crippen LogP contribution in [0.2, 0.25) is 0 Å². The minimum absolute atomic E-state index is 0.0597. The molecule has 0 atom stereocenters. The van der Waals surface area contributed by atoms with Gasteiger partial charge in [-0.3, -0.25) is 14.6 Å². The molecule has 0 unspecified atom stereocenters. The molecule has 0 spiro atoms. The van der Waals surface area contributed by atoms with Crippen LogP contribution in [0.15, 0.2) is 42.7 Å². The van der Waals surface area contributed by atoms with Gasteiger partial charge in [0.1, 0.15) is 5.82 Å². The molecule has 0 bridgehead atoms. The fourth-order valence-corrected chi connectivity index (χ4v) is 2.78. The molecule has 3 rings (SSSR count). The number of hydrogen-bond acceptors (Lipinski definition) is 5. The third kappa shape index (κ3) is 3.51. The number of hydrogen-bond donors (Lipinski definition) is 1. The van der Waals surface area contributed by atoms with Crippen molar-refractivity contribution in [2.75, 3.05) is 31.1 Å². The van der Waals surface area contributed by atoms with Crippen molar-refractivity contribution in [2.24, 2.45) is 5.73 Å². The van der Waals surface area contributed by atoms with Crippen LogP contribution in [0.5, 0.6) is 0 Å². The third-order valence-corrected chi connectivity index (χ3v) is 4.04.